The van der Waals surface area contributed by atoms with Gasteiger partial charge in [-0.05, 0) is 26.8 Å². The van der Waals surface area contributed by atoms with Gasteiger partial charge in [-0.25, -0.2) is 0 Å². The number of nitrogens with zero attached hydrogens (tertiary/aromatic N) is 2. The third kappa shape index (κ3) is 4.75. The van der Waals surface area contributed by atoms with E-state index in [1.54, 1.807) is 6.92 Å². The number of carbonyl (C=O) groups is 2. The van der Waals surface area contributed by atoms with Gasteiger partial charge >= 0.3 is 0 Å². The summed E-state index contributed by atoms with van der Waals surface area (Å²) in [6, 6.07) is 0. The van der Waals surface area contributed by atoms with Crippen LogP contribution < -0.4 is 0 Å². The van der Waals surface area contributed by atoms with Crippen molar-refractivity contribution < 1.29 is 9.59 Å². The molecule has 16 heavy (non-hydrogen) atoms. The minimum absolute atomic E-state index is 0.215. The Kier molecular flexibility index (Phi) is 5.46. The van der Waals surface area contributed by atoms with Crippen LogP contribution in [0.4, 0.5) is 0 Å². The van der Waals surface area contributed by atoms with Gasteiger partial charge in [-0.3, -0.25) is 4.79 Å². The molecule has 1 rings (SSSR count). The van der Waals surface area contributed by atoms with Gasteiger partial charge in [0.05, 0.1) is 0 Å². The van der Waals surface area contributed by atoms with Crippen LogP contribution in [0.3, 0.4) is 0 Å². The van der Waals surface area contributed by atoms with E-state index in [2.05, 4.69) is 11.9 Å². The van der Waals surface area contributed by atoms with Gasteiger partial charge in [0.25, 0.3) is 0 Å². The summed E-state index contributed by atoms with van der Waals surface area (Å²) in [5.41, 5.74) is 0. The highest BCUT2D eigenvalue weighted by atomic mass is 16.2. The van der Waals surface area contributed by atoms with Crippen LogP contribution in [0, 0.1) is 0 Å². The molecule has 1 aliphatic rings. The molecule has 0 aromatic heterocycles. The predicted molar refractivity (Wildman–Crippen MR) is 63.2 cm³/mol. The van der Waals surface area contributed by atoms with Crippen molar-refractivity contribution >= 4 is 11.7 Å². The molecule has 0 spiro atoms. The molecule has 0 radical (unpaired) electrons. The smallest absolute Gasteiger partial charge is 0.222 e. The molecule has 1 saturated heterocycles. The first-order chi connectivity index (χ1) is 7.59. The summed E-state index contributed by atoms with van der Waals surface area (Å²) in [7, 11) is 2.08. The number of rotatable bonds is 5. The highest BCUT2D eigenvalue weighted by Gasteiger charge is 2.18. The zero-order valence-corrected chi connectivity index (χ0v) is 10.4. The van der Waals surface area contributed by atoms with Crippen molar-refractivity contribution in [2.45, 2.75) is 32.6 Å². The van der Waals surface area contributed by atoms with E-state index in [4.69, 9.17) is 0 Å². The standard InChI is InChI=1S/C12H22N2O2/c1-11(15)5-3-4-6-12(16)14-9-7-13(2)8-10-14/h3-10H2,1-2H3. The Morgan fingerprint density at radius 2 is 1.56 bits per heavy atom. The van der Waals surface area contributed by atoms with Gasteiger partial charge in [-0.1, -0.05) is 0 Å². The van der Waals surface area contributed by atoms with Gasteiger partial charge in [-0.15, -0.1) is 0 Å². The Balaban J connectivity index is 2.12. The summed E-state index contributed by atoms with van der Waals surface area (Å²) in [5.74, 6) is 0.462. The lowest BCUT2D eigenvalue weighted by Crippen LogP contribution is -2.47. The van der Waals surface area contributed by atoms with Gasteiger partial charge in [0.1, 0.15) is 5.78 Å². The fourth-order valence-electron chi connectivity index (χ4n) is 1.86. The maximum atomic E-state index is 11.8. The molecule has 0 N–H and O–H groups in total. The van der Waals surface area contributed by atoms with E-state index < -0.39 is 0 Å². The number of ketones is 1. The lowest BCUT2D eigenvalue weighted by Gasteiger charge is -2.32. The highest BCUT2D eigenvalue weighted by molar-refractivity contribution is 5.77. The van der Waals surface area contributed by atoms with E-state index in [-0.39, 0.29) is 11.7 Å². The van der Waals surface area contributed by atoms with Crippen molar-refractivity contribution in [3.63, 3.8) is 0 Å². The van der Waals surface area contributed by atoms with Crippen molar-refractivity contribution in [1.82, 2.24) is 9.80 Å². The largest absolute Gasteiger partial charge is 0.340 e. The fourth-order valence-corrected chi connectivity index (χ4v) is 1.86. The summed E-state index contributed by atoms with van der Waals surface area (Å²) in [6.45, 7) is 5.24. The summed E-state index contributed by atoms with van der Waals surface area (Å²) in [6.07, 6.45) is 2.88. The molecule has 1 fully saturated rings. The van der Waals surface area contributed by atoms with Crippen molar-refractivity contribution in [2.75, 3.05) is 33.2 Å². The minimum Gasteiger partial charge on any atom is -0.340 e. The molecule has 0 aliphatic carbocycles. The molecule has 4 heteroatoms. The van der Waals surface area contributed by atoms with Gasteiger partial charge < -0.3 is 14.6 Å². The van der Waals surface area contributed by atoms with Crippen LogP contribution in [0.1, 0.15) is 32.6 Å². The van der Waals surface area contributed by atoms with E-state index in [0.29, 0.717) is 12.8 Å². The Bertz CT molecular complexity index is 245. The molecule has 92 valence electrons. The molecule has 0 aromatic rings. The van der Waals surface area contributed by atoms with Crippen molar-refractivity contribution in [3.8, 4) is 0 Å². The van der Waals surface area contributed by atoms with Crippen LogP contribution in [0.2, 0.25) is 0 Å². The summed E-state index contributed by atoms with van der Waals surface area (Å²) in [4.78, 5) is 26.7. The lowest BCUT2D eigenvalue weighted by molar-refractivity contribution is -0.133. The van der Waals surface area contributed by atoms with Crippen molar-refractivity contribution in [3.05, 3.63) is 0 Å². The molecule has 0 aromatic carbocycles. The second-order valence-corrected chi connectivity index (χ2v) is 4.59. The Morgan fingerprint density at radius 1 is 1.00 bits per heavy atom. The van der Waals surface area contributed by atoms with Crippen molar-refractivity contribution in [2.24, 2.45) is 0 Å². The second kappa shape index (κ2) is 6.63. The number of unbranched alkanes of at least 4 members (excludes halogenated alkanes) is 1. The van der Waals surface area contributed by atoms with E-state index in [1.807, 2.05) is 4.90 Å². The number of hydrogen-bond acceptors (Lipinski definition) is 3. The second-order valence-electron chi connectivity index (χ2n) is 4.59. The summed E-state index contributed by atoms with van der Waals surface area (Å²) < 4.78 is 0. The van der Waals surface area contributed by atoms with E-state index in [9.17, 15) is 9.59 Å². The first-order valence-corrected chi connectivity index (χ1v) is 6.05. The first kappa shape index (κ1) is 13.2. The predicted octanol–water partition coefficient (Wildman–Crippen LogP) is 0.910. The molecule has 0 bridgehead atoms. The minimum atomic E-state index is 0.215. The molecular weight excluding hydrogens is 204 g/mol. The summed E-state index contributed by atoms with van der Waals surface area (Å²) in [5, 5.41) is 0. The first-order valence-electron chi connectivity index (χ1n) is 6.05. The quantitative estimate of drug-likeness (QED) is 0.654. The average Bonchev–Trinajstić information content (AvgIpc) is 2.25. The molecule has 1 heterocycles. The van der Waals surface area contributed by atoms with Gasteiger partial charge in [-0.2, -0.15) is 0 Å². The average molecular weight is 226 g/mol. The molecule has 0 unspecified atom stereocenters. The van der Waals surface area contributed by atoms with Crippen LogP contribution in [0.25, 0.3) is 0 Å². The van der Waals surface area contributed by atoms with Crippen LogP contribution >= 0.6 is 0 Å². The van der Waals surface area contributed by atoms with Crippen LogP contribution in [0.5, 0.6) is 0 Å². The number of Topliss-reactive ketones (excluding diaryl/α,β-unsaturated/α-hetero) is 1. The maximum Gasteiger partial charge on any atom is 0.222 e. The Labute approximate surface area is 97.6 Å². The zero-order valence-electron chi connectivity index (χ0n) is 10.4. The molecule has 0 saturated carbocycles. The fraction of sp³-hybridized carbons (Fsp3) is 0.833. The molecule has 4 nitrogen and oxygen atoms in total. The normalized spacial score (nSPS) is 17.5. The Morgan fingerprint density at radius 3 is 2.12 bits per heavy atom. The third-order valence-electron chi connectivity index (χ3n) is 3.03. The van der Waals surface area contributed by atoms with Crippen LogP contribution in [-0.2, 0) is 9.59 Å². The van der Waals surface area contributed by atoms with E-state index in [0.717, 1.165) is 39.0 Å². The molecule has 1 amide bonds. The van der Waals surface area contributed by atoms with Gasteiger partial charge in [0.15, 0.2) is 0 Å². The summed E-state index contributed by atoms with van der Waals surface area (Å²) >= 11 is 0. The van der Waals surface area contributed by atoms with Crippen molar-refractivity contribution in [1.29, 1.82) is 0 Å². The highest BCUT2D eigenvalue weighted by Crippen LogP contribution is 2.06. The lowest BCUT2D eigenvalue weighted by atomic mass is 10.1. The van der Waals surface area contributed by atoms with Crippen LogP contribution in [-0.4, -0.2) is 54.7 Å². The van der Waals surface area contributed by atoms with Gasteiger partial charge in [0.2, 0.25) is 5.91 Å². The number of piperazine rings is 1. The monoisotopic (exact) mass is 226 g/mol. The Hall–Kier alpha value is -0.900. The zero-order chi connectivity index (χ0) is 12.0. The third-order valence-corrected chi connectivity index (χ3v) is 3.03. The topological polar surface area (TPSA) is 40.6 Å². The molecule has 0 atom stereocenters. The molecule has 1 aliphatic heterocycles. The van der Waals surface area contributed by atoms with E-state index in [1.165, 1.54) is 0 Å². The van der Waals surface area contributed by atoms with Crippen LogP contribution in [0.15, 0.2) is 0 Å². The molecular formula is C12H22N2O2. The number of likely N-dealkylation sites (N-methyl/N-ethyl adjacent to an activating group) is 1. The number of hydrogen-bond donors (Lipinski definition) is 0. The van der Waals surface area contributed by atoms with Gasteiger partial charge in [0, 0.05) is 39.0 Å². The number of carbonyl (C=O) groups excluding carboxylic acids is 2. The number of amides is 1. The van der Waals surface area contributed by atoms with E-state index >= 15 is 0 Å². The maximum absolute atomic E-state index is 11.8. The SMILES string of the molecule is CC(=O)CCCCC(=O)N1CCN(C)CC1.